The molecule has 152 valence electrons. The number of anilines is 1. The van der Waals surface area contributed by atoms with E-state index >= 15 is 0 Å². The molecule has 0 spiro atoms. The summed E-state index contributed by atoms with van der Waals surface area (Å²) < 4.78 is 5.83. The van der Waals surface area contributed by atoms with E-state index in [-0.39, 0.29) is 29.1 Å². The van der Waals surface area contributed by atoms with Crippen LogP contribution >= 0.6 is 15.9 Å². The average molecular weight is 462 g/mol. The highest BCUT2D eigenvalue weighted by Gasteiger charge is 2.35. The van der Waals surface area contributed by atoms with Crippen molar-refractivity contribution in [2.24, 2.45) is 0 Å². The highest BCUT2D eigenvalue weighted by molar-refractivity contribution is 9.10. The molecular formula is C20H20BrN3O5. The Morgan fingerprint density at radius 3 is 2.62 bits per heavy atom. The van der Waals surface area contributed by atoms with Crippen LogP contribution in [0.2, 0.25) is 0 Å². The third kappa shape index (κ3) is 3.50. The minimum Gasteiger partial charge on any atom is -0.508 e. The molecular weight excluding hydrogens is 442 g/mol. The third-order valence-electron chi connectivity index (χ3n) is 5.61. The van der Waals surface area contributed by atoms with E-state index in [2.05, 4.69) is 20.8 Å². The molecule has 0 unspecified atom stereocenters. The summed E-state index contributed by atoms with van der Waals surface area (Å²) in [4.78, 5) is 27.5. The van der Waals surface area contributed by atoms with Gasteiger partial charge in [-0.25, -0.2) is 0 Å². The van der Waals surface area contributed by atoms with Crippen LogP contribution in [-0.2, 0) is 6.54 Å². The van der Waals surface area contributed by atoms with Crippen LogP contribution in [0.15, 0.2) is 34.8 Å². The van der Waals surface area contributed by atoms with Crippen LogP contribution in [0.1, 0.15) is 28.8 Å². The number of carbonyl (C=O) groups is 1. The number of nitrogens with zero attached hydrogens (tertiary/aromatic N) is 3. The predicted molar refractivity (Wildman–Crippen MR) is 111 cm³/mol. The molecule has 1 N–H and O–H groups in total. The van der Waals surface area contributed by atoms with Crippen molar-refractivity contribution >= 4 is 33.2 Å². The summed E-state index contributed by atoms with van der Waals surface area (Å²) in [5, 5.41) is 20.9. The van der Waals surface area contributed by atoms with Gasteiger partial charge < -0.3 is 19.6 Å². The van der Waals surface area contributed by atoms with Crippen molar-refractivity contribution in [2.75, 3.05) is 25.1 Å². The molecule has 2 heterocycles. The van der Waals surface area contributed by atoms with Gasteiger partial charge in [0, 0.05) is 47.8 Å². The lowest BCUT2D eigenvalue weighted by Gasteiger charge is -2.38. The molecule has 1 fully saturated rings. The van der Waals surface area contributed by atoms with Gasteiger partial charge in [-0.15, -0.1) is 0 Å². The highest BCUT2D eigenvalue weighted by atomic mass is 79.9. The first kappa shape index (κ1) is 19.5. The Labute approximate surface area is 176 Å². The molecule has 0 radical (unpaired) electrons. The summed E-state index contributed by atoms with van der Waals surface area (Å²) in [6, 6.07) is 8.15. The second-order valence-electron chi connectivity index (χ2n) is 7.23. The number of amides is 1. The fourth-order valence-corrected chi connectivity index (χ4v) is 4.71. The van der Waals surface area contributed by atoms with Gasteiger partial charge in [0.15, 0.2) is 5.75 Å². The number of fused-ring (bicyclic) bond motifs is 1. The van der Waals surface area contributed by atoms with Gasteiger partial charge in [-0.2, -0.15) is 0 Å². The van der Waals surface area contributed by atoms with E-state index in [1.165, 1.54) is 13.2 Å². The van der Waals surface area contributed by atoms with Crippen molar-refractivity contribution in [1.29, 1.82) is 0 Å². The standard InChI is InChI=1S/C20H20BrN3O5/c1-29-19-10-17(16(21)9-18(19)24(27)28)22-6-4-13(5-7-22)23-11-12-8-14(25)2-3-15(12)20(23)26/h2-3,8-10,13,25H,4-7,11H2,1H3. The number of phenols is 1. The summed E-state index contributed by atoms with van der Waals surface area (Å²) in [5.41, 5.74) is 2.28. The Kier molecular flexibility index (Phi) is 5.08. The van der Waals surface area contributed by atoms with Crippen molar-refractivity contribution in [2.45, 2.75) is 25.4 Å². The van der Waals surface area contributed by atoms with Crippen molar-refractivity contribution in [3.05, 3.63) is 56.0 Å². The topological polar surface area (TPSA) is 96.2 Å². The first-order chi connectivity index (χ1) is 13.9. The van der Waals surface area contributed by atoms with Crippen LogP contribution in [0.5, 0.6) is 11.5 Å². The number of aromatic hydroxyl groups is 1. The minimum atomic E-state index is -0.464. The molecule has 4 rings (SSSR count). The molecule has 0 saturated carbocycles. The van der Waals surface area contributed by atoms with Gasteiger partial charge in [0.1, 0.15) is 5.75 Å². The van der Waals surface area contributed by atoms with Crippen molar-refractivity contribution in [3.8, 4) is 11.5 Å². The van der Waals surface area contributed by atoms with E-state index in [4.69, 9.17) is 4.74 Å². The Morgan fingerprint density at radius 2 is 1.97 bits per heavy atom. The molecule has 2 aromatic carbocycles. The van der Waals surface area contributed by atoms with Crippen LogP contribution in [0.25, 0.3) is 0 Å². The lowest BCUT2D eigenvalue weighted by molar-refractivity contribution is -0.385. The number of carbonyl (C=O) groups excluding carboxylic acids is 1. The molecule has 0 aliphatic carbocycles. The smallest absolute Gasteiger partial charge is 0.312 e. The lowest BCUT2D eigenvalue weighted by atomic mass is 10.0. The van der Waals surface area contributed by atoms with Gasteiger partial charge in [0.2, 0.25) is 0 Å². The molecule has 8 nitrogen and oxygen atoms in total. The van der Waals surface area contributed by atoms with Gasteiger partial charge >= 0.3 is 5.69 Å². The zero-order valence-corrected chi connectivity index (χ0v) is 17.4. The van der Waals surface area contributed by atoms with Gasteiger partial charge in [-0.05, 0) is 52.5 Å². The Balaban J connectivity index is 1.48. The van der Waals surface area contributed by atoms with Crippen LogP contribution in [0.4, 0.5) is 11.4 Å². The molecule has 1 amide bonds. The fraction of sp³-hybridized carbons (Fsp3) is 0.350. The minimum absolute atomic E-state index is 0.0108. The van der Waals surface area contributed by atoms with E-state index < -0.39 is 4.92 Å². The first-order valence-electron chi connectivity index (χ1n) is 9.28. The van der Waals surface area contributed by atoms with E-state index in [0.29, 0.717) is 16.6 Å². The number of halogens is 1. The molecule has 0 aromatic heterocycles. The van der Waals surface area contributed by atoms with Gasteiger partial charge in [-0.1, -0.05) is 0 Å². The number of methoxy groups -OCH3 is 1. The molecule has 9 heteroatoms. The quantitative estimate of drug-likeness (QED) is 0.550. The Morgan fingerprint density at radius 1 is 1.24 bits per heavy atom. The number of hydrogen-bond donors (Lipinski definition) is 1. The number of benzene rings is 2. The number of hydrogen-bond acceptors (Lipinski definition) is 6. The summed E-state index contributed by atoms with van der Waals surface area (Å²) in [6.45, 7) is 1.95. The van der Waals surface area contributed by atoms with Crippen LogP contribution in [-0.4, -0.2) is 47.1 Å². The number of ether oxygens (including phenoxy) is 1. The summed E-state index contributed by atoms with van der Waals surface area (Å²) in [6.07, 6.45) is 1.58. The fourth-order valence-electron chi connectivity index (χ4n) is 4.12. The van der Waals surface area contributed by atoms with Gasteiger partial charge in [-0.3, -0.25) is 14.9 Å². The van der Waals surface area contributed by atoms with Crippen LogP contribution in [0, 0.1) is 10.1 Å². The molecule has 0 atom stereocenters. The molecule has 2 aromatic rings. The first-order valence-corrected chi connectivity index (χ1v) is 10.1. The number of rotatable bonds is 4. The summed E-state index contributed by atoms with van der Waals surface area (Å²) in [7, 11) is 1.42. The van der Waals surface area contributed by atoms with Gasteiger partial charge in [0.25, 0.3) is 5.91 Å². The zero-order valence-electron chi connectivity index (χ0n) is 15.8. The Hall–Kier alpha value is -2.81. The lowest BCUT2D eigenvalue weighted by Crippen LogP contribution is -2.45. The SMILES string of the molecule is COc1cc(N2CCC(N3Cc4cc(O)ccc4C3=O)CC2)c(Br)cc1[N+](=O)[O-]. The largest absolute Gasteiger partial charge is 0.508 e. The van der Waals surface area contributed by atoms with Crippen LogP contribution in [0.3, 0.4) is 0 Å². The molecule has 29 heavy (non-hydrogen) atoms. The maximum atomic E-state index is 12.7. The molecule has 0 bridgehead atoms. The van der Waals surface area contributed by atoms with Crippen molar-refractivity contribution < 1.29 is 19.6 Å². The maximum absolute atomic E-state index is 12.7. The average Bonchev–Trinajstić information content (AvgIpc) is 3.03. The molecule has 2 aliphatic heterocycles. The number of nitro groups is 1. The monoisotopic (exact) mass is 461 g/mol. The normalized spacial score (nSPS) is 16.8. The number of nitro benzene ring substituents is 1. The van der Waals surface area contributed by atoms with Gasteiger partial charge in [0.05, 0.1) is 17.7 Å². The third-order valence-corrected chi connectivity index (χ3v) is 6.25. The second kappa shape index (κ2) is 7.55. The number of piperidine rings is 1. The van der Waals surface area contributed by atoms with E-state index in [9.17, 15) is 20.0 Å². The predicted octanol–water partition coefficient (Wildman–Crippen LogP) is 3.70. The van der Waals surface area contributed by atoms with E-state index in [1.807, 2.05) is 4.90 Å². The van der Waals surface area contributed by atoms with Crippen LogP contribution < -0.4 is 9.64 Å². The molecule has 2 aliphatic rings. The zero-order chi connectivity index (χ0) is 20.7. The molecule has 1 saturated heterocycles. The van der Waals surface area contributed by atoms with E-state index in [1.54, 1.807) is 24.3 Å². The highest BCUT2D eigenvalue weighted by Crippen LogP contribution is 2.39. The summed E-state index contributed by atoms with van der Waals surface area (Å²) in [5.74, 6) is 0.405. The second-order valence-corrected chi connectivity index (χ2v) is 8.08. The van der Waals surface area contributed by atoms with Crippen molar-refractivity contribution in [3.63, 3.8) is 0 Å². The van der Waals surface area contributed by atoms with E-state index in [0.717, 1.165) is 37.2 Å². The summed E-state index contributed by atoms with van der Waals surface area (Å²) >= 11 is 3.44. The number of phenolic OH excluding ortho intramolecular Hbond substituents is 1. The maximum Gasteiger partial charge on any atom is 0.312 e. The van der Waals surface area contributed by atoms with Crippen molar-refractivity contribution in [1.82, 2.24) is 4.90 Å². The Bertz CT molecular complexity index is 988.